The molecule has 2 heterocycles. The minimum atomic E-state index is -0.411. The van der Waals surface area contributed by atoms with Crippen LogP contribution in [0.3, 0.4) is 0 Å². The van der Waals surface area contributed by atoms with E-state index in [1.165, 1.54) is 11.3 Å². The van der Waals surface area contributed by atoms with Crippen molar-refractivity contribution in [3.05, 3.63) is 52.0 Å². The standard InChI is InChI=1S/C20H22N2O3S/c1-5-25-20(24)16-10-15-6-7-26-19(15)22(16)11-17(23)21-18-13(3)8-12(2)9-14(18)4/h6-10H,5,11H2,1-4H3,(H,21,23). The van der Waals surface area contributed by atoms with E-state index < -0.39 is 5.97 Å². The fraction of sp³-hybridized carbons (Fsp3) is 0.300. The van der Waals surface area contributed by atoms with Crippen LogP contribution in [-0.4, -0.2) is 23.1 Å². The van der Waals surface area contributed by atoms with Crippen LogP contribution in [0.5, 0.6) is 0 Å². The van der Waals surface area contributed by atoms with E-state index in [1.807, 2.05) is 44.4 Å². The van der Waals surface area contributed by atoms with Crippen molar-refractivity contribution in [1.29, 1.82) is 0 Å². The quantitative estimate of drug-likeness (QED) is 0.675. The predicted molar refractivity (Wildman–Crippen MR) is 105 cm³/mol. The molecule has 136 valence electrons. The van der Waals surface area contributed by atoms with Crippen molar-refractivity contribution < 1.29 is 14.3 Å². The Hall–Kier alpha value is -2.60. The number of nitrogens with zero attached hydrogens (tertiary/aromatic N) is 1. The second kappa shape index (κ2) is 7.33. The monoisotopic (exact) mass is 370 g/mol. The van der Waals surface area contributed by atoms with Gasteiger partial charge in [-0.05, 0) is 56.3 Å². The molecule has 1 N–H and O–H groups in total. The minimum absolute atomic E-state index is 0.0604. The number of ether oxygens (including phenoxy) is 1. The van der Waals surface area contributed by atoms with Gasteiger partial charge < -0.3 is 14.6 Å². The van der Waals surface area contributed by atoms with Crippen molar-refractivity contribution in [2.45, 2.75) is 34.2 Å². The number of amides is 1. The molecule has 0 fully saturated rings. The van der Waals surface area contributed by atoms with E-state index in [0.717, 1.165) is 32.6 Å². The summed E-state index contributed by atoms with van der Waals surface area (Å²) in [5.74, 6) is -0.581. The molecule has 3 aromatic rings. The molecule has 0 aliphatic rings. The fourth-order valence-electron chi connectivity index (χ4n) is 3.21. The SMILES string of the molecule is CCOC(=O)c1cc2ccsc2n1CC(=O)Nc1c(C)cc(C)cc1C. The van der Waals surface area contributed by atoms with E-state index >= 15 is 0 Å². The number of aromatic nitrogens is 1. The molecule has 5 nitrogen and oxygen atoms in total. The zero-order valence-electron chi connectivity index (χ0n) is 15.4. The van der Waals surface area contributed by atoms with Gasteiger partial charge in [0.1, 0.15) is 17.1 Å². The molecule has 3 rings (SSSR count). The number of anilines is 1. The van der Waals surface area contributed by atoms with Crippen molar-refractivity contribution in [2.24, 2.45) is 0 Å². The van der Waals surface area contributed by atoms with Gasteiger partial charge in [0.05, 0.1) is 6.61 Å². The van der Waals surface area contributed by atoms with Crippen molar-refractivity contribution in [1.82, 2.24) is 4.57 Å². The maximum Gasteiger partial charge on any atom is 0.355 e. The van der Waals surface area contributed by atoms with Crippen LogP contribution in [0.15, 0.2) is 29.6 Å². The number of thiophene rings is 1. The highest BCUT2D eigenvalue weighted by Crippen LogP contribution is 2.27. The first kappa shape index (κ1) is 18.2. The number of aryl methyl sites for hydroxylation is 3. The maximum absolute atomic E-state index is 12.7. The lowest BCUT2D eigenvalue weighted by Gasteiger charge is -2.14. The molecular weight excluding hydrogens is 348 g/mol. The third-order valence-corrected chi connectivity index (χ3v) is 5.18. The molecule has 0 bridgehead atoms. The van der Waals surface area contributed by atoms with Gasteiger partial charge >= 0.3 is 5.97 Å². The topological polar surface area (TPSA) is 60.3 Å². The molecular formula is C20H22N2O3S. The molecule has 0 saturated carbocycles. The van der Waals surface area contributed by atoms with E-state index in [-0.39, 0.29) is 12.5 Å². The summed E-state index contributed by atoms with van der Waals surface area (Å²) in [6.45, 7) is 8.11. The molecule has 26 heavy (non-hydrogen) atoms. The molecule has 0 spiro atoms. The Morgan fingerprint density at radius 2 is 1.85 bits per heavy atom. The summed E-state index contributed by atoms with van der Waals surface area (Å²) in [6, 6.07) is 7.80. The number of nitrogens with one attached hydrogen (secondary N) is 1. The first-order valence-corrected chi connectivity index (χ1v) is 9.40. The van der Waals surface area contributed by atoms with Gasteiger partial charge in [-0.25, -0.2) is 4.79 Å². The smallest absolute Gasteiger partial charge is 0.355 e. The van der Waals surface area contributed by atoms with Gasteiger partial charge in [0.15, 0.2) is 0 Å². The van der Waals surface area contributed by atoms with Gasteiger partial charge in [0, 0.05) is 11.1 Å². The molecule has 2 aromatic heterocycles. The Morgan fingerprint density at radius 3 is 2.50 bits per heavy atom. The average molecular weight is 370 g/mol. The minimum Gasteiger partial charge on any atom is -0.461 e. The fourth-order valence-corrected chi connectivity index (χ4v) is 4.10. The first-order valence-electron chi connectivity index (χ1n) is 8.52. The molecule has 0 unspecified atom stereocenters. The number of esters is 1. The molecule has 0 radical (unpaired) electrons. The molecule has 0 atom stereocenters. The van der Waals surface area contributed by atoms with E-state index in [4.69, 9.17) is 4.74 Å². The zero-order chi connectivity index (χ0) is 18.8. The highest BCUT2D eigenvalue weighted by atomic mass is 32.1. The zero-order valence-corrected chi connectivity index (χ0v) is 16.2. The number of benzene rings is 1. The lowest BCUT2D eigenvalue weighted by molar-refractivity contribution is -0.116. The van der Waals surface area contributed by atoms with E-state index in [9.17, 15) is 9.59 Å². The highest BCUT2D eigenvalue weighted by Gasteiger charge is 2.20. The summed E-state index contributed by atoms with van der Waals surface area (Å²) < 4.78 is 6.86. The first-order chi connectivity index (χ1) is 12.4. The van der Waals surface area contributed by atoms with Crippen LogP contribution in [0.1, 0.15) is 34.1 Å². The highest BCUT2D eigenvalue weighted by molar-refractivity contribution is 7.16. The molecule has 1 amide bonds. The summed E-state index contributed by atoms with van der Waals surface area (Å²) in [5.41, 5.74) is 4.44. The van der Waals surface area contributed by atoms with Crippen LogP contribution >= 0.6 is 11.3 Å². The van der Waals surface area contributed by atoms with Crippen LogP contribution < -0.4 is 5.32 Å². The Kier molecular flexibility index (Phi) is 5.13. The normalized spacial score (nSPS) is 10.9. The lowest BCUT2D eigenvalue weighted by atomic mass is 10.1. The van der Waals surface area contributed by atoms with Gasteiger partial charge in [0.2, 0.25) is 5.91 Å². The van der Waals surface area contributed by atoms with Crippen molar-refractivity contribution in [3.63, 3.8) is 0 Å². The van der Waals surface area contributed by atoms with E-state index in [1.54, 1.807) is 17.6 Å². The third kappa shape index (κ3) is 3.51. The van der Waals surface area contributed by atoms with Gasteiger partial charge in [-0.2, -0.15) is 0 Å². The maximum atomic E-state index is 12.7. The summed E-state index contributed by atoms with van der Waals surface area (Å²) in [7, 11) is 0. The Bertz CT molecular complexity index is 961. The van der Waals surface area contributed by atoms with Crippen molar-refractivity contribution in [3.8, 4) is 0 Å². The summed E-state index contributed by atoms with van der Waals surface area (Å²) >= 11 is 1.50. The van der Waals surface area contributed by atoms with Gasteiger partial charge in [0.25, 0.3) is 0 Å². The van der Waals surface area contributed by atoms with Gasteiger partial charge in [-0.15, -0.1) is 11.3 Å². The van der Waals surface area contributed by atoms with Crippen LogP contribution in [0, 0.1) is 20.8 Å². The third-order valence-electron chi connectivity index (χ3n) is 4.23. The predicted octanol–water partition coefficient (Wildman–Crippen LogP) is 4.44. The van der Waals surface area contributed by atoms with Crippen LogP contribution in [0.25, 0.3) is 10.2 Å². The van der Waals surface area contributed by atoms with Gasteiger partial charge in [-0.1, -0.05) is 17.7 Å². The summed E-state index contributed by atoms with van der Waals surface area (Å²) in [5, 5.41) is 5.88. The van der Waals surface area contributed by atoms with Gasteiger partial charge in [-0.3, -0.25) is 4.79 Å². The Balaban J connectivity index is 1.89. The number of hydrogen-bond acceptors (Lipinski definition) is 4. The molecule has 0 saturated heterocycles. The summed E-state index contributed by atoms with van der Waals surface area (Å²) in [6.07, 6.45) is 0. The number of rotatable bonds is 5. The summed E-state index contributed by atoms with van der Waals surface area (Å²) in [4.78, 5) is 25.8. The van der Waals surface area contributed by atoms with Crippen LogP contribution in [0.2, 0.25) is 0 Å². The molecule has 0 aliphatic carbocycles. The van der Waals surface area contributed by atoms with E-state index in [0.29, 0.717) is 12.3 Å². The van der Waals surface area contributed by atoms with Crippen LogP contribution in [-0.2, 0) is 16.1 Å². The van der Waals surface area contributed by atoms with Crippen molar-refractivity contribution >= 4 is 39.1 Å². The number of hydrogen-bond donors (Lipinski definition) is 1. The molecule has 1 aromatic carbocycles. The number of carbonyl (C=O) groups excluding carboxylic acids is 2. The Labute approximate surface area is 156 Å². The van der Waals surface area contributed by atoms with Crippen LogP contribution in [0.4, 0.5) is 5.69 Å². The lowest BCUT2D eigenvalue weighted by Crippen LogP contribution is -2.22. The van der Waals surface area contributed by atoms with E-state index in [2.05, 4.69) is 5.32 Å². The average Bonchev–Trinajstić information content (AvgIpc) is 3.14. The second-order valence-electron chi connectivity index (χ2n) is 6.34. The number of fused-ring (bicyclic) bond motifs is 1. The second-order valence-corrected chi connectivity index (χ2v) is 7.23. The Morgan fingerprint density at radius 1 is 1.15 bits per heavy atom. The largest absolute Gasteiger partial charge is 0.461 e. The van der Waals surface area contributed by atoms with Crippen molar-refractivity contribution in [2.75, 3.05) is 11.9 Å². The molecule has 0 aliphatic heterocycles. The molecule has 6 heteroatoms. The number of carbonyl (C=O) groups is 2.